The Labute approximate surface area is 211 Å². The molecule has 6 nitrogen and oxygen atoms in total. The van der Waals surface area contributed by atoms with Gasteiger partial charge < -0.3 is 14.9 Å². The first-order chi connectivity index (χ1) is 16.4. The average Bonchev–Trinajstić information content (AvgIpc) is 3.21. The standard InChI is InChI=1S/C27H38FNO5S/c1-16-8-7-9-20(14-28)10-11-22(17(2)12-21-15-35-19(4)29-21)34-24(31)13-23(30)27(5,6)26(33)18(3)25(16)32/h7,9-10,12,15-16,18,22-23,25,30,32H,8,11,13-14H2,1-6H3/b9-7+,17-12+,20-10+/t16-,18+,22-,23-,25-/m0/s1. The van der Waals surface area contributed by atoms with Crippen LogP contribution in [0.25, 0.3) is 6.08 Å². The maximum Gasteiger partial charge on any atom is 0.309 e. The van der Waals surface area contributed by atoms with Crippen molar-refractivity contribution in [3.8, 4) is 0 Å². The molecule has 2 N–H and O–H groups in total. The Bertz CT molecular complexity index is 980. The van der Waals surface area contributed by atoms with E-state index in [9.17, 15) is 24.2 Å². The molecule has 0 aliphatic carbocycles. The number of aromatic nitrogens is 1. The van der Waals surface area contributed by atoms with E-state index in [1.807, 2.05) is 32.2 Å². The van der Waals surface area contributed by atoms with Gasteiger partial charge in [-0.1, -0.05) is 45.9 Å². The second kappa shape index (κ2) is 12.7. The van der Waals surface area contributed by atoms with Gasteiger partial charge in [0.15, 0.2) is 0 Å². The molecular formula is C27H38FNO5S. The van der Waals surface area contributed by atoms with Gasteiger partial charge in [-0.3, -0.25) is 9.59 Å². The first-order valence-electron chi connectivity index (χ1n) is 12.0. The van der Waals surface area contributed by atoms with E-state index in [4.69, 9.17) is 4.74 Å². The third-order valence-corrected chi connectivity index (χ3v) is 7.51. The van der Waals surface area contributed by atoms with Crippen LogP contribution in [0.1, 0.15) is 64.6 Å². The number of carbonyl (C=O) groups excluding carboxylic acids is 2. The fraction of sp³-hybridized carbons (Fsp3) is 0.593. The number of carbonyl (C=O) groups is 2. The molecule has 2 heterocycles. The number of thiazole rings is 1. The molecule has 5 atom stereocenters. The minimum absolute atomic E-state index is 0.244. The molecular weight excluding hydrogens is 469 g/mol. The zero-order chi connectivity index (χ0) is 26.3. The molecule has 0 unspecified atom stereocenters. The fourth-order valence-electron chi connectivity index (χ4n) is 4.12. The summed E-state index contributed by atoms with van der Waals surface area (Å²) in [6.45, 7) is 9.63. The molecule has 35 heavy (non-hydrogen) atoms. The largest absolute Gasteiger partial charge is 0.457 e. The topological polar surface area (TPSA) is 96.7 Å². The molecule has 0 fully saturated rings. The van der Waals surface area contributed by atoms with Gasteiger partial charge in [0.2, 0.25) is 0 Å². The van der Waals surface area contributed by atoms with E-state index in [1.54, 1.807) is 39.0 Å². The van der Waals surface area contributed by atoms with Crippen LogP contribution >= 0.6 is 11.3 Å². The number of Topliss-reactive ketones (excluding diaryl/α,β-unsaturated/α-hetero) is 1. The van der Waals surface area contributed by atoms with Gasteiger partial charge >= 0.3 is 5.97 Å². The molecule has 1 aromatic heterocycles. The average molecular weight is 508 g/mol. The maximum atomic E-state index is 13.7. The van der Waals surface area contributed by atoms with Gasteiger partial charge in [0, 0.05) is 17.7 Å². The lowest BCUT2D eigenvalue weighted by molar-refractivity contribution is -0.154. The Morgan fingerprint density at radius 3 is 2.57 bits per heavy atom. The lowest BCUT2D eigenvalue weighted by Gasteiger charge is -2.34. The summed E-state index contributed by atoms with van der Waals surface area (Å²) < 4.78 is 19.4. The van der Waals surface area contributed by atoms with E-state index in [0.717, 1.165) is 16.3 Å². The summed E-state index contributed by atoms with van der Waals surface area (Å²) in [4.78, 5) is 30.4. The molecule has 194 valence electrons. The molecule has 0 aromatic carbocycles. The third kappa shape index (κ3) is 7.92. The SMILES string of the molecule is C/C(=C\c1csc(C)n1)[C@@H]1C/C=C(CF)\C=C\C[C@H](C)[C@H](O)[C@@H](C)C(=O)C(C)(C)[C@@H](O)CC(=O)O1. The number of rotatable bonds is 3. The van der Waals surface area contributed by atoms with E-state index in [-0.39, 0.29) is 24.5 Å². The van der Waals surface area contributed by atoms with Crippen molar-refractivity contribution < 1.29 is 28.9 Å². The van der Waals surface area contributed by atoms with E-state index >= 15 is 0 Å². The highest BCUT2D eigenvalue weighted by Crippen LogP contribution is 2.32. The molecule has 1 aromatic rings. The van der Waals surface area contributed by atoms with Crippen molar-refractivity contribution in [1.29, 1.82) is 0 Å². The van der Waals surface area contributed by atoms with E-state index in [1.165, 1.54) is 11.3 Å². The van der Waals surface area contributed by atoms with Crippen LogP contribution in [-0.2, 0) is 14.3 Å². The molecule has 0 amide bonds. The molecule has 0 radical (unpaired) electrons. The number of esters is 1. The maximum absolute atomic E-state index is 13.7. The molecule has 8 heteroatoms. The van der Waals surface area contributed by atoms with Crippen LogP contribution in [0.3, 0.4) is 0 Å². The van der Waals surface area contributed by atoms with Crippen molar-refractivity contribution in [2.45, 2.75) is 79.1 Å². The molecule has 1 aliphatic rings. The van der Waals surface area contributed by atoms with Gasteiger partial charge in [-0.2, -0.15) is 0 Å². The number of hydrogen-bond donors (Lipinski definition) is 2. The molecule has 0 bridgehead atoms. The van der Waals surface area contributed by atoms with Crippen LogP contribution in [0.4, 0.5) is 4.39 Å². The number of alkyl halides is 1. The lowest BCUT2D eigenvalue weighted by Crippen LogP contribution is -2.45. The van der Waals surface area contributed by atoms with Crippen LogP contribution in [0.2, 0.25) is 0 Å². The number of cyclic esters (lactones) is 1. The first-order valence-corrected chi connectivity index (χ1v) is 12.9. The highest BCUT2D eigenvalue weighted by atomic mass is 32.1. The number of halogens is 1. The molecule has 0 saturated heterocycles. The summed E-state index contributed by atoms with van der Waals surface area (Å²) in [7, 11) is 0. The summed E-state index contributed by atoms with van der Waals surface area (Å²) in [6.07, 6.45) is 4.38. The van der Waals surface area contributed by atoms with E-state index in [2.05, 4.69) is 4.98 Å². The van der Waals surface area contributed by atoms with Gasteiger partial charge in [-0.25, -0.2) is 9.37 Å². The van der Waals surface area contributed by atoms with Crippen molar-refractivity contribution in [2.24, 2.45) is 17.3 Å². The van der Waals surface area contributed by atoms with Gasteiger partial charge in [0.1, 0.15) is 18.6 Å². The van der Waals surface area contributed by atoms with Crippen LogP contribution in [0.5, 0.6) is 0 Å². The molecule has 1 aliphatic heterocycles. The summed E-state index contributed by atoms with van der Waals surface area (Å²) in [5, 5.41) is 24.3. The molecule has 2 rings (SSSR count). The second-order valence-electron chi connectivity index (χ2n) is 10.0. The van der Waals surface area contributed by atoms with Crippen molar-refractivity contribution >= 4 is 29.2 Å². The Balaban J connectivity index is 2.41. The number of allylic oxidation sites excluding steroid dienone is 3. The van der Waals surface area contributed by atoms with Crippen molar-refractivity contribution in [3.63, 3.8) is 0 Å². The van der Waals surface area contributed by atoms with Crippen LogP contribution in [-0.4, -0.2) is 51.9 Å². The lowest BCUT2D eigenvalue weighted by atomic mass is 9.73. The van der Waals surface area contributed by atoms with Crippen molar-refractivity contribution in [1.82, 2.24) is 4.98 Å². The number of aryl methyl sites for hydroxylation is 1. The molecule has 0 spiro atoms. The predicted octanol–water partition coefficient (Wildman–Crippen LogP) is 4.99. The van der Waals surface area contributed by atoms with Crippen molar-refractivity contribution in [3.05, 3.63) is 45.5 Å². The minimum Gasteiger partial charge on any atom is -0.457 e. The van der Waals surface area contributed by atoms with Crippen LogP contribution in [0.15, 0.2) is 34.8 Å². The number of ketones is 1. The number of hydrogen-bond acceptors (Lipinski definition) is 7. The van der Waals surface area contributed by atoms with Gasteiger partial charge in [-0.15, -0.1) is 11.3 Å². The smallest absolute Gasteiger partial charge is 0.309 e. The Kier molecular flexibility index (Phi) is 10.5. The fourth-order valence-corrected chi connectivity index (χ4v) is 4.69. The zero-order valence-electron chi connectivity index (χ0n) is 21.5. The number of ether oxygens (including phenoxy) is 1. The summed E-state index contributed by atoms with van der Waals surface area (Å²) >= 11 is 1.51. The first kappa shape index (κ1) is 29.1. The Hall–Kier alpha value is -2.16. The van der Waals surface area contributed by atoms with Crippen molar-refractivity contribution in [2.75, 3.05) is 6.67 Å². The number of nitrogens with zero attached hydrogens (tertiary/aromatic N) is 1. The zero-order valence-corrected chi connectivity index (χ0v) is 22.3. The van der Waals surface area contributed by atoms with Gasteiger partial charge in [-0.05, 0) is 43.4 Å². The number of aliphatic hydroxyl groups excluding tert-OH is 2. The quantitative estimate of drug-likeness (QED) is 0.560. The minimum atomic E-state index is -1.29. The second-order valence-corrected chi connectivity index (χ2v) is 11.1. The molecule has 0 saturated carbocycles. The highest BCUT2D eigenvalue weighted by molar-refractivity contribution is 7.09. The third-order valence-electron chi connectivity index (χ3n) is 6.72. The van der Waals surface area contributed by atoms with Crippen LogP contribution in [0, 0.1) is 24.2 Å². The Morgan fingerprint density at radius 2 is 1.97 bits per heavy atom. The van der Waals surface area contributed by atoms with Gasteiger partial charge in [0.25, 0.3) is 0 Å². The van der Waals surface area contributed by atoms with Gasteiger partial charge in [0.05, 0.1) is 34.7 Å². The Morgan fingerprint density at radius 1 is 1.29 bits per heavy atom. The number of aliphatic hydroxyl groups is 2. The van der Waals surface area contributed by atoms with E-state index < -0.39 is 42.3 Å². The predicted molar refractivity (Wildman–Crippen MR) is 137 cm³/mol. The van der Waals surface area contributed by atoms with E-state index in [0.29, 0.717) is 12.0 Å². The summed E-state index contributed by atoms with van der Waals surface area (Å²) in [6, 6.07) is 0. The summed E-state index contributed by atoms with van der Waals surface area (Å²) in [5.74, 6) is -1.99. The highest BCUT2D eigenvalue weighted by Gasteiger charge is 2.42. The normalized spacial score (nSPS) is 32.0. The monoisotopic (exact) mass is 507 g/mol. The summed E-state index contributed by atoms with van der Waals surface area (Å²) in [5.41, 5.74) is 0.656. The van der Waals surface area contributed by atoms with Crippen LogP contribution < -0.4 is 0 Å².